The molecule has 2 N–H and O–H groups in total. The number of ether oxygens (including phenoxy) is 2. The number of nitrogens with two attached hydrogens (primary N) is 1. The Morgan fingerprint density at radius 2 is 2.04 bits per heavy atom. The molecule has 1 aromatic carbocycles. The number of carbonyl (C=O) groups excluding carboxylic acids is 1. The summed E-state index contributed by atoms with van der Waals surface area (Å²) in [5.41, 5.74) is 5.46. The Hall–Kier alpha value is -1.93. The Morgan fingerprint density at radius 1 is 1.29 bits per heavy atom. The van der Waals surface area contributed by atoms with E-state index in [1.54, 1.807) is 4.90 Å². The Balaban J connectivity index is 1.46. The van der Waals surface area contributed by atoms with Crippen LogP contribution in [0.4, 0.5) is 25.0 Å². The van der Waals surface area contributed by atoms with Gasteiger partial charge >= 0.3 is 6.09 Å². The lowest BCUT2D eigenvalue weighted by molar-refractivity contribution is -0.276. The maximum Gasteiger partial charge on any atom is 0.414 e. The average Bonchev–Trinajstić information content (AvgIpc) is 2.85. The largest absolute Gasteiger partial charge is 0.443 e. The van der Waals surface area contributed by atoms with Crippen molar-refractivity contribution in [1.29, 1.82) is 0 Å². The van der Waals surface area contributed by atoms with E-state index in [9.17, 15) is 13.6 Å². The van der Waals surface area contributed by atoms with Gasteiger partial charge in [0.05, 0.1) is 30.9 Å². The van der Waals surface area contributed by atoms with Gasteiger partial charge < -0.3 is 20.1 Å². The van der Waals surface area contributed by atoms with Crippen molar-refractivity contribution >= 4 is 17.5 Å². The van der Waals surface area contributed by atoms with E-state index in [1.165, 1.54) is 17.0 Å². The maximum absolute atomic E-state index is 14.7. The molecule has 1 aromatic rings. The predicted molar refractivity (Wildman–Crippen MR) is 81.0 cm³/mol. The van der Waals surface area contributed by atoms with E-state index < -0.39 is 23.8 Å². The van der Waals surface area contributed by atoms with Crippen molar-refractivity contribution < 1.29 is 23.0 Å². The van der Waals surface area contributed by atoms with Gasteiger partial charge in [-0.05, 0) is 12.8 Å². The zero-order valence-electron chi connectivity index (χ0n) is 12.9. The summed E-state index contributed by atoms with van der Waals surface area (Å²) in [6.45, 7) is 0.873. The number of hydrogen-bond donors (Lipinski definition) is 1. The van der Waals surface area contributed by atoms with Gasteiger partial charge in [-0.3, -0.25) is 4.90 Å². The molecule has 4 fully saturated rings. The lowest BCUT2D eigenvalue weighted by Crippen LogP contribution is -2.90. The van der Waals surface area contributed by atoms with Crippen molar-refractivity contribution in [2.24, 2.45) is 5.73 Å². The highest BCUT2D eigenvalue weighted by molar-refractivity contribution is 5.90. The van der Waals surface area contributed by atoms with E-state index in [0.29, 0.717) is 6.61 Å². The van der Waals surface area contributed by atoms with E-state index in [2.05, 4.69) is 0 Å². The van der Waals surface area contributed by atoms with E-state index in [0.717, 1.165) is 12.8 Å². The van der Waals surface area contributed by atoms with Crippen LogP contribution in [-0.2, 0) is 9.47 Å². The van der Waals surface area contributed by atoms with Crippen LogP contribution in [0.2, 0.25) is 0 Å². The van der Waals surface area contributed by atoms with Gasteiger partial charge in [0.2, 0.25) is 0 Å². The first-order valence-corrected chi connectivity index (χ1v) is 8.15. The van der Waals surface area contributed by atoms with Crippen LogP contribution in [-0.4, -0.2) is 49.6 Å². The Bertz CT molecular complexity index is 702. The van der Waals surface area contributed by atoms with Crippen molar-refractivity contribution in [3.63, 3.8) is 0 Å². The number of rotatable bonds is 3. The highest BCUT2D eigenvalue weighted by Gasteiger charge is 2.73. The van der Waals surface area contributed by atoms with Crippen LogP contribution in [0.25, 0.3) is 0 Å². The fourth-order valence-electron chi connectivity index (χ4n) is 4.43. The van der Waals surface area contributed by atoms with E-state index in [1.807, 2.05) is 0 Å². The van der Waals surface area contributed by atoms with Crippen molar-refractivity contribution in [3.05, 3.63) is 23.8 Å². The summed E-state index contributed by atoms with van der Waals surface area (Å²) in [6, 6.07) is 2.50. The molecule has 3 aliphatic heterocycles. The number of anilines is 2. The number of carbonyl (C=O) groups is 1. The Morgan fingerprint density at radius 3 is 2.50 bits per heavy atom. The molecule has 4 atom stereocenters. The van der Waals surface area contributed by atoms with Crippen LogP contribution in [0.1, 0.15) is 12.8 Å². The first-order chi connectivity index (χ1) is 11.5. The van der Waals surface area contributed by atoms with Gasteiger partial charge in [-0.2, -0.15) is 0 Å². The highest BCUT2D eigenvalue weighted by Crippen LogP contribution is 2.60. The molecule has 1 aliphatic carbocycles. The average molecular weight is 337 g/mol. The smallest absolute Gasteiger partial charge is 0.414 e. The van der Waals surface area contributed by atoms with Crippen LogP contribution < -0.4 is 15.5 Å². The quantitative estimate of drug-likeness (QED) is 0.902. The van der Waals surface area contributed by atoms with Crippen LogP contribution in [0, 0.1) is 11.6 Å². The second kappa shape index (κ2) is 4.58. The molecule has 4 aliphatic rings. The molecule has 6 nitrogen and oxygen atoms in total. The van der Waals surface area contributed by atoms with Gasteiger partial charge in [0.15, 0.2) is 11.6 Å². The zero-order valence-corrected chi connectivity index (χ0v) is 12.9. The summed E-state index contributed by atoms with van der Waals surface area (Å²) in [5, 5.41) is 0. The third-order valence-electron chi connectivity index (χ3n) is 5.83. The number of morpholine rings is 1. The van der Waals surface area contributed by atoms with E-state index in [-0.39, 0.29) is 42.1 Å². The molecule has 128 valence electrons. The van der Waals surface area contributed by atoms with Crippen LogP contribution in [0.3, 0.4) is 0 Å². The monoisotopic (exact) mass is 337 g/mol. The normalized spacial score (nSPS) is 36.3. The number of cyclic esters (lactones) is 1. The molecular formula is C16H17F2N3O3. The Kier molecular flexibility index (Phi) is 2.75. The first-order valence-electron chi connectivity index (χ1n) is 8.15. The number of benzene rings is 1. The molecule has 5 rings (SSSR count). The fraction of sp³-hybridized carbons (Fsp3) is 0.562. The topological polar surface area (TPSA) is 68.0 Å². The standard InChI is InChI=1S/C16H17F2N3O3/c17-10-3-8(20-6-9(5-19)24-15(20)22)4-11(18)14(10)21-12-1-2-16(12)13(21)7-23-16/h3-4,9,12-13H,1-2,5-7,19H2/t9-,12?,13?,16-/m0/s1. The van der Waals surface area contributed by atoms with Crippen molar-refractivity contribution in [3.8, 4) is 0 Å². The number of nitrogens with zero attached hydrogens (tertiary/aromatic N) is 2. The molecule has 3 saturated heterocycles. The van der Waals surface area contributed by atoms with Crippen molar-refractivity contribution in [1.82, 2.24) is 0 Å². The molecule has 0 radical (unpaired) electrons. The minimum atomic E-state index is -0.665. The second-order valence-electron chi connectivity index (χ2n) is 6.85. The third-order valence-corrected chi connectivity index (χ3v) is 5.83. The van der Waals surface area contributed by atoms with Crippen molar-refractivity contribution in [2.75, 3.05) is 29.5 Å². The lowest BCUT2D eigenvalue weighted by Gasteiger charge is -2.75. The summed E-state index contributed by atoms with van der Waals surface area (Å²) < 4.78 is 40.0. The summed E-state index contributed by atoms with van der Waals surface area (Å²) in [4.78, 5) is 14.8. The molecule has 3 heterocycles. The zero-order chi connectivity index (χ0) is 16.6. The molecule has 0 aromatic heterocycles. The van der Waals surface area contributed by atoms with E-state index >= 15 is 0 Å². The minimum absolute atomic E-state index is 0.0182. The summed E-state index contributed by atoms with van der Waals surface area (Å²) in [7, 11) is 0. The summed E-state index contributed by atoms with van der Waals surface area (Å²) in [6.07, 6.45) is 0.751. The minimum Gasteiger partial charge on any atom is -0.443 e. The van der Waals surface area contributed by atoms with Crippen molar-refractivity contribution in [2.45, 2.75) is 36.6 Å². The molecular weight excluding hydrogens is 320 g/mol. The molecule has 8 heteroatoms. The second-order valence-corrected chi connectivity index (χ2v) is 6.85. The Labute approximate surface area is 137 Å². The number of amides is 1. The summed E-state index contributed by atoms with van der Waals surface area (Å²) >= 11 is 0. The van der Waals surface area contributed by atoms with E-state index in [4.69, 9.17) is 15.2 Å². The molecule has 1 amide bonds. The van der Waals surface area contributed by atoms with Gasteiger partial charge in [0.25, 0.3) is 0 Å². The lowest BCUT2D eigenvalue weighted by atomic mass is 9.57. The molecule has 24 heavy (non-hydrogen) atoms. The summed E-state index contributed by atoms with van der Waals surface area (Å²) in [5.74, 6) is -1.33. The van der Waals surface area contributed by atoms with Crippen LogP contribution in [0.15, 0.2) is 12.1 Å². The van der Waals surface area contributed by atoms with Gasteiger partial charge in [0.1, 0.15) is 17.4 Å². The van der Waals surface area contributed by atoms with Crippen LogP contribution >= 0.6 is 0 Å². The SMILES string of the molecule is NC[C@H]1CN(c2cc(F)c(N3C4CC[C@]45OCC35)c(F)c2)C(=O)O1. The third kappa shape index (κ3) is 1.58. The number of piperidine rings is 1. The first kappa shape index (κ1) is 14.4. The number of hydrogen-bond acceptors (Lipinski definition) is 5. The van der Waals surface area contributed by atoms with Gasteiger partial charge in [0, 0.05) is 18.7 Å². The molecule has 2 unspecified atom stereocenters. The number of halogens is 2. The highest BCUT2D eigenvalue weighted by atomic mass is 19.1. The fourth-order valence-corrected chi connectivity index (χ4v) is 4.43. The molecule has 1 saturated carbocycles. The molecule has 1 spiro atoms. The molecule has 0 bridgehead atoms. The predicted octanol–water partition coefficient (Wildman–Crippen LogP) is 1.37. The van der Waals surface area contributed by atoms with Crippen LogP contribution in [0.5, 0.6) is 0 Å². The van der Waals surface area contributed by atoms with Gasteiger partial charge in [-0.15, -0.1) is 0 Å². The maximum atomic E-state index is 14.7. The van der Waals surface area contributed by atoms with Gasteiger partial charge in [-0.25, -0.2) is 13.6 Å². The van der Waals surface area contributed by atoms with Gasteiger partial charge in [-0.1, -0.05) is 0 Å².